The van der Waals surface area contributed by atoms with E-state index in [1.165, 1.54) is 8.99 Å². The first kappa shape index (κ1) is 14.0. The number of hydrogen-bond donors (Lipinski definition) is 1. The number of aryl methyl sites for hydroxylation is 2. The Hall–Kier alpha value is -1.41. The van der Waals surface area contributed by atoms with Gasteiger partial charge in [-0.15, -0.1) is 0 Å². The molecule has 1 aromatic heterocycles. The van der Waals surface area contributed by atoms with Gasteiger partial charge >= 0.3 is 0 Å². The lowest BCUT2D eigenvalue weighted by Gasteiger charge is -2.14. The second-order valence-corrected chi connectivity index (χ2v) is 6.71. The fourth-order valence-corrected chi connectivity index (χ4v) is 3.68. The van der Waals surface area contributed by atoms with Crippen LogP contribution in [0.1, 0.15) is 22.6 Å². The minimum Gasteiger partial charge on any atom is -0.349 e. The Morgan fingerprint density at radius 3 is 2.79 bits per heavy atom. The van der Waals surface area contributed by atoms with Gasteiger partial charge in [0.25, 0.3) is 5.91 Å². The number of nitrogens with one attached hydrogen (secondary N) is 1. The highest BCUT2D eigenvalue weighted by Crippen LogP contribution is 2.11. The highest BCUT2D eigenvalue weighted by atomic mass is 32.2. The van der Waals surface area contributed by atoms with E-state index >= 15 is 0 Å². The standard InChI is InChI=1S/C11H18N4O3S/c1-9-8-10(14(2)13-9)11(16)12-4-6-15-5-3-7-19(15,17)18/h8H,3-7H2,1-2H3,(H,12,16). The van der Waals surface area contributed by atoms with Gasteiger partial charge in [-0.2, -0.15) is 5.10 Å². The van der Waals surface area contributed by atoms with Crippen LogP contribution >= 0.6 is 0 Å². The maximum absolute atomic E-state index is 11.9. The SMILES string of the molecule is Cc1cc(C(=O)NCCN2CCCS2(=O)=O)n(C)n1. The van der Waals surface area contributed by atoms with Crippen LogP contribution in [-0.2, 0) is 17.1 Å². The molecule has 106 valence electrons. The molecule has 1 aliphatic rings. The quantitative estimate of drug-likeness (QED) is 0.808. The van der Waals surface area contributed by atoms with E-state index in [0.717, 1.165) is 5.69 Å². The molecule has 8 heteroatoms. The predicted molar refractivity (Wildman–Crippen MR) is 70.3 cm³/mol. The van der Waals surface area contributed by atoms with E-state index in [4.69, 9.17) is 0 Å². The number of aromatic nitrogens is 2. The van der Waals surface area contributed by atoms with Gasteiger partial charge in [0.15, 0.2) is 0 Å². The molecule has 1 saturated heterocycles. The van der Waals surface area contributed by atoms with Crippen molar-refractivity contribution in [2.75, 3.05) is 25.4 Å². The number of sulfonamides is 1. The summed E-state index contributed by atoms with van der Waals surface area (Å²) in [5.41, 5.74) is 1.25. The molecule has 2 heterocycles. The zero-order valence-electron chi connectivity index (χ0n) is 11.1. The number of amides is 1. The Bertz CT molecular complexity index is 579. The van der Waals surface area contributed by atoms with E-state index in [0.29, 0.717) is 31.7 Å². The van der Waals surface area contributed by atoms with Gasteiger partial charge in [-0.1, -0.05) is 0 Å². The molecule has 1 fully saturated rings. The third-order valence-corrected chi connectivity index (χ3v) is 5.04. The van der Waals surface area contributed by atoms with Gasteiger partial charge in [-0.3, -0.25) is 9.48 Å². The van der Waals surface area contributed by atoms with Crippen LogP contribution in [0.4, 0.5) is 0 Å². The Balaban J connectivity index is 1.86. The topological polar surface area (TPSA) is 84.3 Å². The molecule has 0 unspecified atom stereocenters. The summed E-state index contributed by atoms with van der Waals surface area (Å²) in [6.07, 6.45) is 0.664. The normalized spacial score (nSPS) is 18.6. The average molecular weight is 286 g/mol. The van der Waals surface area contributed by atoms with Crippen molar-refractivity contribution in [2.45, 2.75) is 13.3 Å². The monoisotopic (exact) mass is 286 g/mol. The van der Waals surface area contributed by atoms with Gasteiger partial charge in [0, 0.05) is 26.7 Å². The van der Waals surface area contributed by atoms with E-state index in [-0.39, 0.29) is 11.7 Å². The Morgan fingerprint density at radius 2 is 2.26 bits per heavy atom. The van der Waals surface area contributed by atoms with Crippen LogP contribution in [0.5, 0.6) is 0 Å². The molecule has 0 atom stereocenters. The van der Waals surface area contributed by atoms with Gasteiger partial charge in [0.2, 0.25) is 10.0 Å². The summed E-state index contributed by atoms with van der Waals surface area (Å²) < 4.78 is 26.1. The van der Waals surface area contributed by atoms with E-state index in [1.54, 1.807) is 13.1 Å². The molecule has 1 aromatic rings. The molecular formula is C11H18N4O3S. The predicted octanol–water partition coefficient (Wildman–Crippen LogP) is -0.506. The third-order valence-electron chi connectivity index (χ3n) is 3.08. The molecule has 2 rings (SSSR count). The van der Waals surface area contributed by atoms with Crippen LogP contribution in [0.15, 0.2) is 6.07 Å². The molecule has 0 aliphatic carbocycles. The smallest absolute Gasteiger partial charge is 0.269 e. The summed E-state index contributed by atoms with van der Waals surface area (Å²) in [5, 5.41) is 6.80. The van der Waals surface area contributed by atoms with E-state index in [1.807, 2.05) is 6.92 Å². The Labute approximate surface area is 112 Å². The summed E-state index contributed by atoms with van der Waals surface area (Å²) in [6, 6.07) is 1.70. The van der Waals surface area contributed by atoms with Crippen LogP contribution in [0.2, 0.25) is 0 Å². The van der Waals surface area contributed by atoms with E-state index in [9.17, 15) is 13.2 Å². The summed E-state index contributed by atoms with van der Waals surface area (Å²) in [6.45, 7) is 2.99. The van der Waals surface area contributed by atoms with Crippen LogP contribution in [0.3, 0.4) is 0 Å². The number of rotatable bonds is 4. The molecule has 19 heavy (non-hydrogen) atoms. The number of hydrogen-bond acceptors (Lipinski definition) is 4. The largest absolute Gasteiger partial charge is 0.349 e. The molecule has 0 saturated carbocycles. The van der Waals surface area contributed by atoms with Crippen molar-refractivity contribution in [1.82, 2.24) is 19.4 Å². The maximum Gasteiger partial charge on any atom is 0.269 e. The van der Waals surface area contributed by atoms with Gasteiger partial charge in [0.1, 0.15) is 5.69 Å². The lowest BCUT2D eigenvalue weighted by atomic mass is 10.3. The molecule has 1 aliphatic heterocycles. The van der Waals surface area contributed by atoms with Gasteiger partial charge in [0.05, 0.1) is 11.4 Å². The van der Waals surface area contributed by atoms with Crippen LogP contribution in [0, 0.1) is 6.92 Å². The summed E-state index contributed by atoms with van der Waals surface area (Å²) >= 11 is 0. The molecule has 1 N–H and O–H groups in total. The van der Waals surface area contributed by atoms with Crippen molar-refractivity contribution in [2.24, 2.45) is 7.05 Å². The van der Waals surface area contributed by atoms with Crippen LogP contribution in [-0.4, -0.2) is 53.8 Å². The van der Waals surface area contributed by atoms with Crippen molar-refractivity contribution in [3.8, 4) is 0 Å². The van der Waals surface area contributed by atoms with Crippen molar-refractivity contribution < 1.29 is 13.2 Å². The van der Waals surface area contributed by atoms with Gasteiger partial charge < -0.3 is 5.32 Å². The lowest BCUT2D eigenvalue weighted by Crippen LogP contribution is -2.36. The van der Waals surface area contributed by atoms with Crippen molar-refractivity contribution >= 4 is 15.9 Å². The first-order chi connectivity index (χ1) is 8.90. The van der Waals surface area contributed by atoms with Crippen LogP contribution < -0.4 is 5.32 Å². The second-order valence-electron chi connectivity index (χ2n) is 4.62. The highest BCUT2D eigenvalue weighted by Gasteiger charge is 2.27. The molecular weight excluding hydrogens is 268 g/mol. The molecule has 0 bridgehead atoms. The number of nitrogens with zero attached hydrogens (tertiary/aromatic N) is 3. The molecule has 0 spiro atoms. The van der Waals surface area contributed by atoms with Gasteiger partial charge in [-0.25, -0.2) is 12.7 Å². The molecule has 1 amide bonds. The van der Waals surface area contributed by atoms with Crippen molar-refractivity contribution in [3.63, 3.8) is 0 Å². The molecule has 0 radical (unpaired) electrons. The van der Waals surface area contributed by atoms with Gasteiger partial charge in [-0.05, 0) is 19.4 Å². The fourth-order valence-electron chi connectivity index (χ4n) is 2.15. The summed E-state index contributed by atoms with van der Waals surface area (Å²) in [5.74, 6) is -0.0262. The van der Waals surface area contributed by atoms with Crippen LogP contribution in [0.25, 0.3) is 0 Å². The van der Waals surface area contributed by atoms with Crippen molar-refractivity contribution in [3.05, 3.63) is 17.5 Å². The molecule has 0 aromatic carbocycles. The number of carbonyl (C=O) groups excluding carboxylic acids is 1. The second kappa shape index (κ2) is 5.30. The minimum atomic E-state index is -3.09. The zero-order chi connectivity index (χ0) is 14.0. The Morgan fingerprint density at radius 1 is 1.53 bits per heavy atom. The Kier molecular flexibility index (Phi) is 3.91. The highest BCUT2D eigenvalue weighted by molar-refractivity contribution is 7.89. The maximum atomic E-state index is 11.9. The summed E-state index contributed by atoms with van der Waals surface area (Å²) in [4.78, 5) is 11.9. The zero-order valence-corrected chi connectivity index (χ0v) is 11.9. The van der Waals surface area contributed by atoms with E-state index < -0.39 is 10.0 Å². The average Bonchev–Trinajstić information content (AvgIpc) is 2.81. The van der Waals surface area contributed by atoms with E-state index in [2.05, 4.69) is 10.4 Å². The number of carbonyl (C=O) groups is 1. The molecule has 7 nitrogen and oxygen atoms in total. The fraction of sp³-hybridized carbons (Fsp3) is 0.636. The van der Waals surface area contributed by atoms with Crippen molar-refractivity contribution in [1.29, 1.82) is 0 Å². The first-order valence-electron chi connectivity index (χ1n) is 6.17. The minimum absolute atomic E-state index is 0.210. The lowest BCUT2D eigenvalue weighted by molar-refractivity contribution is 0.0942. The first-order valence-corrected chi connectivity index (χ1v) is 7.78. The third kappa shape index (κ3) is 3.13. The summed E-state index contributed by atoms with van der Waals surface area (Å²) in [7, 11) is -1.39.